The second-order valence-electron chi connectivity index (χ2n) is 21.6. The van der Waals surface area contributed by atoms with Crippen LogP contribution < -0.4 is 20.7 Å². The van der Waals surface area contributed by atoms with Gasteiger partial charge in [-0.2, -0.15) is 0 Å². The first-order chi connectivity index (χ1) is 40.7. The lowest BCUT2D eigenvalue weighted by atomic mass is 9.98. The summed E-state index contributed by atoms with van der Waals surface area (Å²) in [4.78, 5) is 0. The molecule has 0 N–H and O–H groups in total. The van der Waals surface area contributed by atoms with E-state index in [1.807, 2.05) is 0 Å². The maximum atomic E-state index is 2.50. The molecule has 3 heterocycles. The van der Waals surface area contributed by atoms with E-state index >= 15 is 0 Å². The van der Waals surface area contributed by atoms with Crippen molar-refractivity contribution in [2.75, 3.05) is 0 Å². The van der Waals surface area contributed by atoms with Crippen LogP contribution in [0.25, 0.3) is 116 Å². The lowest BCUT2D eigenvalue weighted by Gasteiger charge is -2.34. The number of benzene rings is 13. The van der Waals surface area contributed by atoms with Crippen molar-refractivity contribution in [1.29, 1.82) is 0 Å². The summed E-state index contributed by atoms with van der Waals surface area (Å²) >= 11 is 0. The van der Waals surface area contributed by atoms with Crippen molar-refractivity contribution in [1.82, 2.24) is 13.7 Å². The van der Waals surface area contributed by atoms with Crippen LogP contribution in [0.2, 0.25) is 0 Å². The average Bonchev–Trinajstić information content (AvgIpc) is 4.02. The van der Waals surface area contributed by atoms with Crippen molar-refractivity contribution in [2.24, 2.45) is 0 Å². The van der Waals surface area contributed by atoms with Crippen LogP contribution in [0.5, 0.6) is 0 Å². The third-order valence-corrected chi connectivity index (χ3v) is 21.9. The molecule has 0 bridgehead atoms. The van der Waals surface area contributed by atoms with Crippen LogP contribution in [-0.2, 0) is 0 Å². The Hall–Kier alpha value is -10.5. The van der Waals surface area contributed by atoms with Crippen molar-refractivity contribution < 1.29 is 0 Å². The molecule has 16 aromatic rings. The smallest absolute Gasteiger partial charge is 0.179 e. The molecule has 0 amide bonds. The van der Waals surface area contributed by atoms with Crippen molar-refractivity contribution in [3.8, 4) is 50.4 Å². The first-order valence-electron chi connectivity index (χ1n) is 28.3. The average molecular weight is 1060 g/mol. The molecule has 0 unspecified atom stereocenters. The van der Waals surface area contributed by atoms with E-state index in [-0.39, 0.29) is 0 Å². The van der Waals surface area contributed by atoms with E-state index in [0.29, 0.717) is 0 Å². The third-order valence-electron chi connectivity index (χ3n) is 17.1. The van der Waals surface area contributed by atoms with Gasteiger partial charge >= 0.3 is 0 Å². The Balaban J connectivity index is 0.916. The molecule has 384 valence electrons. The maximum absolute atomic E-state index is 2.78. The molecule has 0 aliphatic rings. The van der Waals surface area contributed by atoms with Gasteiger partial charge in [0.15, 0.2) is 8.07 Å². The highest BCUT2D eigenvalue weighted by atomic mass is 28.3. The first kappa shape index (κ1) is 47.5. The Kier molecular flexibility index (Phi) is 11.2. The van der Waals surface area contributed by atoms with Gasteiger partial charge in [-0.15, -0.1) is 0 Å². The fraction of sp³-hybridized carbons (Fsp3) is 0. The fourth-order valence-corrected chi connectivity index (χ4v) is 18.4. The number of nitrogens with zero attached hydrogens (tertiary/aromatic N) is 3. The van der Waals surface area contributed by atoms with Crippen molar-refractivity contribution in [3.05, 3.63) is 322 Å². The molecule has 0 saturated carbocycles. The summed E-state index contributed by atoms with van der Waals surface area (Å²) in [5, 5.41) is 12.8. The van der Waals surface area contributed by atoms with Crippen LogP contribution in [0.15, 0.2) is 322 Å². The van der Waals surface area contributed by atoms with E-state index in [0.717, 1.165) is 39.2 Å². The quantitative estimate of drug-likeness (QED) is 0.0958. The van der Waals surface area contributed by atoms with Crippen molar-refractivity contribution in [3.63, 3.8) is 0 Å². The van der Waals surface area contributed by atoms with Crippen LogP contribution in [0.4, 0.5) is 0 Å². The molecule has 0 saturated heterocycles. The third kappa shape index (κ3) is 7.50. The second-order valence-corrected chi connectivity index (χ2v) is 25.4. The Bertz CT molecular complexity index is 4940. The van der Waals surface area contributed by atoms with E-state index in [9.17, 15) is 0 Å². The molecular formula is C78H53N3Si. The minimum atomic E-state index is -2.78. The largest absolute Gasteiger partial charge is 0.309 e. The summed E-state index contributed by atoms with van der Waals surface area (Å²) < 4.78 is 7.46. The number of hydrogen-bond donors (Lipinski definition) is 0. The molecule has 0 fully saturated rings. The van der Waals surface area contributed by atoms with Gasteiger partial charge in [0.05, 0.1) is 38.8 Å². The predicted molar refractivity (Wildman–Crippen MR) is 349 cm³/mol. The van der Waals surface area contributed by atoms with Crippen LogP contribution in [0.3, 0.4) is 0 Å². The predicted octanol–water partition coefficient (Wildman–Crippen LogP) is 17.4. The van der Waals surface area contributed by atoms with Crippen LogP contribution in [0, 0.1) is 0 Å². The van der Waals surface area contributed by atoms with E-state index in [1.165, 1.54) is 97.4 Å². The molecule has 0 spiro atoms. The van der Waals surface area contributed by atoms with Crippen molar-refractivity contribution >= 4 is 94.2 Å². The summed E-state index contributed by atoms with van der Waals surface area (Å²) in [6.07, 6.45) is 0. The molecule has 82 heavy (non-hydrogen) atoms. The van der Waals surface area contributed by atoms with Gasteiger partial charge in [0.2, 0.25) is 0 Å². The Morgan fingerprint density at radius 1 is 0.195 bits per heavy atom. The zero-order chi connectivity index (χ0) is 54.1. The molecule has 0 aliphatic carbocycles. The Morgan fingerprint density at radius 2 is 0.573 bits per heavy atom. The minimum Gasteiger partial charge on any atom is -0.309 e. The lowest BCUT2D eigenvalue weighted by molar-refractivity contribution is 1.13. The lowest BCUT2D eigenvalue weighted by Crippen LogP contribution is -2.74. The van der Waals surface area contributed by atoms with Crippen molar-refractivity contribution in [2.45, 2.75) is 0 Å². The van der Waals surface area contributed by atoms with Gasteiger partial charge in [-0.25, -0.2) is 0 Å². The van der Waals surface area contributed by atoms with E-state index in [4.69, 9.17) is 0 Å². The number of aromatic nitrogens is 3. The zero-order valence-electron chi connectivity index (χ0n) is 44.9. The topological polar surface area (TPSA) is 14.8 Å². The molecule has 3 aromatic heterocycles. The summed E-state index contributed by atoms with van der Waals surface area (Å²) in [5.74, 6) is 0. The minimum absolute atomic E-state index is 1.09. The highest BCUT2D eigenvalue weighted by molar-refractivity contribution is 7.19. The normalized spacial score (nSPS) is 11.9. The Morgan fingerprint density at radius 3 is 1.16 bits per heavy atom. The first-order valence-corrected chi connectivity index (χ1v) is 30.3. The SMILES string of the molecule is c1ccc(-c2ccc3c(c2)c2ccccc2n3-c2cccc3c2c2ccccc2n3-c2cc(-c3cccc(-c4cccc([Si](c5ccccc5)(c5ccccc5)c5ccccc5)c4)c3)cc(-n3c4ccccc4c4ccccc43)c2)cc1. The molecule has 13 aromatic carbocycles. The van der Waals surface area contributed by atoms with Crippen LogP contribution >= 0.6 is 0 Å². The van der Waals surface area contributed by atoms with Gasteiger partial charge in [0.25, 0.3) is 0 Å². The number of rotatable bonds is 10. The number of hydrogen-bond acceptors (Lipinski definition) is 0. The summed E-state index contributed by atoms with van der Waals surface area (Å²) in [6.45, 7) is 0. The molecule has 4 heteroatoms. The fourth-order valence-electron chi connectivity index (χ4n) is 13.6. The van der Waals surface area contributed by atoms with E-state index < -0.39 is 8.07 Å². The molecule has 16 rings (SSSR count). The Labute approximate surface area is 477 Å². The molecular weight excluding hydrogens is 1010 g/mol. The monoisotopic (exact) mass is 1060 g/mol. The van der Waals surface area contributed by atoms with Gasteiger partial charge in [0.1, 0.15) is 0 Å². The van der Waals surface area contributed by atoms with Gasteiger partial charge in [0, 0.05) is 43.7 Å². The highest BCUT2D eigenvalue weighted by Crippen LogP contribution is 2.43. The molecule has 0 atom stereocenters. The molecule has 3 nitrogen and oxygen atoms in total. The highest BCUT2D eigenvalue weighted by Gasteiger charge is 2.41. The number of fused-ring (bicyclic) bond motifs is 9. The van der Waals surface area contributed by atoms with Gasteiger partial charge in [-0.05, 0) is 127 Å². The van der Waals surface area contributed by atoms with Gasteiger partial charge in [-0.3, -0.25) is 0 Å². The van der Waals surface area contributed by atoms with E-state index in [2.05, 4.69) is 335 Å². The van der Waals surface area contributed by atoms with Gasteiger partial charge < -0.3 is 13.7 Å². The summed E-state index contributed by atoms with van der Waals surface area (Å²) in [6, 6.07) is 120. The second kappa shape index (κ2) is 19.4. The molecule has 0 radical (unpaired) electrons. The molecule has 0 aliphatic heterocycles. The summed E-state index contributed by atoms with van der Waals surface area (Å²) in [7, 11) is -2.78. The van der Waals surface area contributed by atoms with Gasteiger partial charge in [-0.1, -0.05) is 249 Å². The zero-order valence-corrected chi connectivity index (χ0v) is 45.9. The van der Waals surface area contributed by atoms with Crippen LogP contribution in [0.1, 0.15) is 0 Å². The maximum Gasteiger partial charge on any atom is 0.179 e. The standard InChI is InChI=1S/C78H53N3Si/c1-5-24-54(25-6-1)58-46-47-75-70(52-58)68-38-15-19-42-73(68)81(75)77-45-23-44-76-78(77)69-39-16-20-43-74(69)80(76)61-50-59(49-60(53-61)79-71-40-17-13-36-66(71)67-37-14-18-41-72(67)79)56-27-21-26-55(48-56)57-28-22-35-65(51-57)82(62-29-7-2-8-30-62,63-31-9-3-10-32-63)64-33-11-4-12-34-64/h1-53H. The van der Waals surface area contributed by atoms with E-state index in [1.54, 1.807) is 0 Å². The summed E-state index contributed by atoms with van der Waals surface area (Å²) in [5.41, 5.74) is 17.4. The van der Waals surface area contributed by atoms with Crippen LogP contribution in [-0.4, -0.2) is 21.8 Å². The number of para-hydroxylation sites is 4.